The van der Waals surface area contributed by atoms with Gasteiger partial charge in [-0.05, 0) is 6.07 Å². The molecule has 0 bridgehead atoms. The maximum absolute atomic E-state index is 11.1. The lowest BCUT2D eigenvalue weighted by atomic mass is 10.3. The van der Waals surface area contributed by atoms with Crippen LogP contribution in [0.4, 0.5) is 11.4 Å². The summed E-state index contributed by atoms with van der Waals surface area (Å²) in [5.41, 5.74) is -0.888. The number of rotatable bonds is 3. The van der Waals surface area contributed by atoms with Crippen molar-refractivity contribution in [3.63, 3.8) is 0 Å². The lowest BCUT2D eigenvalue weighted by Gasteiger charge is -1.98. The van der Waals surface area contributed by atoms with E-state index in [0.717, 1.165) is 18.2 Å². The first-order valence-electron chi connectivity index (χ1n) is 3.69. The fourth-order valence-corrected chi connectivity index (χ4v) is 1.69. The number of hydrogen-bond acceptors (Lipinski definition) is 5. The van der Waals surface area contributed by atoms with E-state index < -0.39 is 32.0 Å². The quantitative estimate of drug-likeness (QED) is 0.574. The molecule has 0 saturated heterocycles. The van der Waals surface area contributed by atoms with E-state index in [1.807, 2.05) is 0 Å². The first-order valence-corrected chi connectivity index (χ1v) is 5.25. The summed E-state index contributed by atoms with van der Waals surface area (Å²) in [6.07, 6.45) is 1.27. The highest BCUT2D eigenvalue weighted by Crippen LogP contribution is 2.26. The van der Waals surface area contributed by atoms with Crippen molar-refractivity contribution in [1.82, 2.24) is 0 Å². The first kappa shape index (κ1) is 11.2. The van der Waals surface area contributed by atoms with E-state index in [9.17, 15) is 24.4 Å². The molecule has 0 aliphatic heterocycles. The molecule has 7 nitrogen and oxygen atoms in total. The molecule has 0 aliphatic carbocycles. The smallest absolute Gasteiger partial charge is 0.258 e. The second-order valence-electron chi connectivity index (χ2n) is 2.62. The van der Waals surface area contributed by atoms with Gasteiger partial charge in [0.1, 0.15) is 4.90 Å². The Kier molecular flexibility index (Phi) is 3.10. The summed E-state index contributed by atoms with van der Waals surface area (Å²) in [7, 11) is -1.55. The average molecular weight is 230 g/mol. The largest absolute Gasteiger partial charge is 0.292 e. The van der Waals surface area contributed by atoms with E-state index in [-0.39, 0.29) is 4.90 Å². The molecule has 0 aromatic heterocycles. The Morgan fingerprint density at radius 3 is 2.20 bits per heavy atom. The van der Waals surface area contributed by atoms with Gasteiger partial charge in [0.2, 0.25) is 0 Å². The maximum Gasteiger partial charge on any atom is 0.292 e. The van der Waals surface area contributed by atoms with Gasteiger partial charge in [-0.2, -0.15) is 0 Å². The average Bonchev–Trinajstić information content (AvgIpc) is 2.16. The van der Waals surface area contributed by atoms with Crippen LogP contribution < -0.4 is 0 Å². The lowest BCUT2D eigenvalue weighted by molar-refractivity contribution is -0.396. The van der Waals surface area contributed by atoms with Crippen molar-refractivity contribution in [1.29, 1.82) is 0 Å². The van der Waals surface area contributed by atoms with Crippen LogP contribution in [0.3, 0.4) is 0 Å². The van der Waals surface area contributed by atoms with Crippen molar-refractivity contribution in [3.05, 3.63) is 38.4 Å². The predicted molar refractivity (Wildman–Crippen MR) is 52.1 cm³/mol. The molecule has 0 fully saturated rings. The number of non-ortho nitro benzene ring substituents is 1. The van der Waals surface area contributed by atoms with Crippen LogP contribution in [0.5, 0.6) is 0 Å². The minimum Gasteiger partial charge on any atom is -0.258 e. The highest BCUT2D eigenvalue weighted by molar-refractivity contribution is 7.84. The molecule has 0 amide bonds. The summed E-state index contributed by atoms with van der Waals surface area (Å²) in [5.74, 6) is 0. The van der Waals surface area contributed by atoms with Crippen molar-refractivity contribution in [2.75, 3.05) is 6.26 Å². The van der Waals surface area contributed by atoms with Gasteiger partial charge in [0.15, 0.2) is 0 Å². The van der Waals surface area contributed by atoms with Gasteiger partial charge in [-0.1, -0.05) is 0 Å². The number of nitrogens with zero attached hydrogens (tertiary/aromatic N) is 2. The third kappa shape index (κ3) is 2.34. The summed E-state index contributed by atoms with van der Waals surface area (Å²) >= 11 is 0. The number of nitro groups is 2. The standard InChI is InChI=1S/C7H6N2O5S/c1-15(14)7-3-2-5(8(10)11)4-6(7)9(12)13/h2-4H,1H3/t15-/m0/s1. The Bertz CT molecular complexity index is 459. The van der Waals surface area contributed by atoms with E-state index in [1.165, 1.54) is 6.26 Å². The van der Waals surface area contributed by atoms with Crippen LogP contribution in [-0.4, -0.2) is 20.3 Å². The van der Waals surface area contributed by atoms with Crippen LogP contribution in [0.15, 0.2) is 23.1 Å². The number of benzene rings is 1. The summed E-state index contributed by atoms with van der Waals surface area (Å²) in [6, 6.07) is 3.02. The molecule has 0 saturated carbocycles. The predicted octanol–water partition coefficient (Wildman–Crippen LogP) is 1.24. The van der Waals surface area contributed by atoms with Crippen LogP contribution in [0.25, 0.3) is 0 Å². The van der Waals surface area contributed by atoms with Gasteiger partial charge in [0.25, 0.3) is 11.4 Å². The van der Waals surface area contributed by atoms with E-state index in [2.05, 4.69) is 0 Å². The molecule has 1 aromatic rings. The van der Waals surface area contributed by atoms with Crippen LogP contribution >= 0.6 is 0 Å². The van der Waals surface area contributed by atoms with Crippen molar-refractivity contribution < 1.29 is 14.1 Å². The summed E-state index contributed by atoms with van der Waals surface area (Å²) in [5, 5.41) is 20.9. The maximum atomic E-state index is 11.1. The zero-order chi connectivity index (χ0) is 11.6. The molecular weight excluding hydrogens is 224 g/mol. The highest BCUT2D eigenvalue weighted by atomic mass is 32.2. The Labute approximate surface area is 86.5 Å². The highest BCUT2D eigenvalue weighted by Gasteiger charge is 2.21. The molecule has 1 aromatic carbocycles. The fraction of sp³-hybridized carbons (Fsp3) is 0.143. The number of nitro benzene ring substituents is 2. The molecule has 0 radical (unpaired) electrons. The third-order valence-electron chi connectivity index (χ3n) is 1.66. The van der Waals surface area contributed by atoms with E-state index >= 15 is 0 Å². The molecule has 15 heavy (non-hydrogen) atoms. The zero-order valence-corrected chi connectivity index (χ0v) is 8.39. The van der Waals surface area contributed by atoms with Crippen molar-refractivity contribution in [2.24, 2.45) is 0 Å². The molecule has 0 heterocycles. The monoisotopic (exact) mass is 230 g/mol. The van der Waals surface area contributed by atoms with Gasteiger partial charge in [-0.15, -0.1) is 0 Å². The topological polar surface area (TPSA) is 103 Å². The van der Waals surface area contributed by atoms with Crippen LogP contribution in [-0.2, 0) is 10.8 Å². The third-order valence-corrected chi connectivity index (χ3v) is 2.62. The number of hydrogen-bond donors (Lipinski definition) is 0. The summed E-state index contributed by atoms with van der Waals surface area (Å²) < 4.78 is 11.1. The summed E-state index contributed by atoms with van der Waals surface area (Å²) in [4.78, 5) is 19.4. The van der Waals surface area contributed by atoms with Gasteiger partial charge >= 0.3 is 0 Å². The van der Waals surface area contributed by atoms with E-state index in [1.54, 1.807) is 0 Å². The molecular formula is C7H6N2O5S. The SMILES string of the molecule is C[S@](=O)c1ccc([N+](=O)[O-])cc1[N+](=O)[O-]. The Balaban J connectivity index is 3.40. The molecule has 0 spiro atoms. The second kappa shape index (κ2) is 4.13. The van der Waals surface area contributed by atoms with Crippen molar-refractivity contribution >= 4 is 22.2 Å². The normalized spacial score (nSPS) is 12.1. The zero-order valence-electron chi connectivity index (χ0n) is 7.58. The fourth-order valence-electron chi connectivity index (χ4n) is 1.01. The van der Waals surface area contributed by atoms with Crippen LogP contribution in [0.2, 0.25) is 0 Å². The van der Waals surface area contributed by atoms with E-state index in [0.29, 0.717) is 0 Å². The molecule has 0 N–H and O–H groups in total. The molecule has 0 unspecified atom stereocenters. The summed E-state index contributed by atoms with van der Waals surface area (Å²) in [6.45, 7) is 0. The van der Waals surface area contributed by atoms with Gasteiger partial charge in [0.05, 0.1) is 26.7 Å². The molecule has 80 valence electrons. The van der Waals surface area contributed by atoms with Crippen molar-refractivity contribution in [2.45, 2.75) is 4.90 Å². The van der Waals surface area contributed by atoms with Gasteiger partial charge < -0.3 is 0 Å². The van der Waals surface area contributed by atoms with Crippen LogP contribution in [0, 0.1) is 20.2 Å². The first-order chi connectivity index (χ1) is 6.93. The molecule has 8 heteroatoms. The molecule has 1 atom stereocenters. The Hall–Kier alpha value is -1.83. The minimum atomic E-state index is -1.55. The van der Waals surface area contributed by atoms with Crippen LogP contribution in [0.1, 0.15) is 0 Å². The van der Waals surface area contributed by atoms with Gasteiger partial charge in [0, 0.05) is 12.3 Å². The Morgan fingerprint density at radius 1 is 1.20 bits per heavy atom. The van der Waals surface area contributed by atoms with E-state index in [4.69, 9.17) is 0 Å². The van der Waals surface area contributed by atoms with Crippen molar-refractivity contribution in [3.8, 4) is 0 Å². The second-order valence-corrected chi connectivity index (χ2v) is 3.97. The van der Waals surface area contributed by atoms with Gasteiger partial charge in [-0.3, -0.25) is 24.4 Å². The molecule has 1 rings (SSSR count). The molecule has 0 aliphatic rings. The Morgan fingerprint density at radius 2 is 1.80 bits per heavy atom. The lowest BCUT2D eigenvalue weighted by Crippen LogP contribution is -1.98. The minimum absolute atomic E-state index is 0.0226. The van der Waals surface area contributed by atoms with Gasteiger partial charge in [-0.25, -0.2) is 0 Å².